The summed E-state index contributed by atoms with van der Waals surface area (Å²) in [4.78, 5) is 0. The molecule has 1 fully saturated rings. The molecule has 72 valence electrons. The second-order valence-electron chi connectivity index (χ2n) is 4.30. The molecule has 3 nitrogen and oxygen atoms in total. The van der Waals surface area contributed by atoms with Crippen LogP contribution in [0.3, 0.4) is 0 Å². The van der Waals surface area contributed by atoms with Crippen molar-refractivity contribution in [1.29, 1.82) is 0 Å². The van der Waals surface area contributed by atoms with Gasteiger partial charge in [-0.05, 0) is 6.42 Å². The SMILES string of the molecule is CC(C)(C)[C@H]1OCC(CCO)O1. The first-order valence-electron chi connectivity index (χ1n) is 4.42. The van der Waals surface area contributed by atoms with Crippen LogP contribution in [0.25, 0.3) is 0 Å². The summed E-state index contributed by atoms with van der Waals surface area (Å²) in [5.41, 5.74) is 0.0320. The van der Waals surface area contributed by atoms with Gasteiger partial charge in [0.05, 0.1) is 12.7 Å². The van der Waals surface area contributed by atoms with Crippen molar-refractivity contribution >= 4 is 0 Å². The summed E-state index contributed by atoms with van der Waals surface area (Å²) in [6.07, 6.45) is 0.639. The van der Waals surface area contributed by atoms with Crippen LogP contribution in [0.2, 0.25) is 0 Å². The van der Waals surface area contributed by atoms with E-state index in [0.29, 0.717) is 13.0 Å². The molecule has 12 heavy (non-hydrogen) atoms. The first-order chi connectivity index (χ1) is 5.54. The van der Waals surface area contributed by atoms with Gasteiger partial charge < -0.3 is 14.6 Å². The standard InChI is InChI=1S/C9H18O3/c1-9(2,3)8-11-6-7(12-8)4-5-10/h7-8,10H,4-6H2,1-3H3/t7?,8-/m0/s1. The van der Waals surface area contributed by atoms with E-state index < -0.39 is 0 Å². The number of aliphatic hydroxyl groups excluding tert-OH is 1. The van der Waals surface area contributed by atoms with E-state index >= 15 is 0 Å². The van der Waals surface area contributed by atoms with Gasteiger partial charge in [-0.1, -0.05) is 20.8 Å². The molecule has 0 aromatic rings. The fourth-order valence-electron chi connectivity index (χ4n) is 1.20. The maximum absolute atomic E-state index is 8.68. The van der Waals surface area contributed by atoms with Gasteiger partial charge in [0.2, 0.25) is 0 Å². The fraction of sp³-hybridized carbons (Fsp3) is 1.00. The van der Waals surface area contributed by atoms with Gasteiger partial charge in [-0.15, -0.1) is 0 Å². The van der Waals surface area contributed by atoms with Crippen LogP contribution in [0, 0.1) is 5.41 Å². The highest BCUT2D eigenvalue weighted by Gasteiger charge is 2.34. The zero-order valence-corrected chi connectivity index (χ0v) is 8.04. The molecule has 1 aliphatic heterocycles. The first-order valence-corrected chi connectivity index (χ1v) is 4.42. The van der Waals surface area contributed by atoms with E-state index in [0.717, 1.165) is 0 Å². The second-order valence-corrected chi connectivity index (χ2v) is 4.30. The van der Waals surface area contributed by atoms with Gasteiger partial charge in [0.25, 0.3) is 0 Å². The molecule has 0 aromatic carbocycles. The Morgan fingerprint density at radius 1 is 1.42 bits per heavy atom. The van der Waals surface area contributed by atoms with Crippen LogP contribution in [0.1, 0.15) is 27.2 Å². The normalized spacial score (nSPS) is 31.0. The minimum atomic E-state index is -0.117. The van der Waals surface area contributed by atoms with Crippen molar-refractivity contribution in [3.63, 3.8) is 0 Å². The van der Waals surface area contributed by atoms with Crippen molar-refractivity contribution in [2.45, 2.75) is 39.6 Å². The summed E-state index contributed by atoms with van der Waals surface area (Å²) in [5, 5.41) is 8.68. The third-order valence-electron chi connectivity index (χ3n) is 1.91. The van der Waals surface area contributed by atoms with Crippen LogP contribution in [0.5, 0.6) is 0 Å². The van der Waals surface area contributed by atoms with Gasteiger partial charge in [0.1, 0.15) is 0 Å². The van der Waals surface area contributed by atoms with Crippen LogP contribution < -0.4 is 0 Å². The van der Waals surface area contributed by atoms with Crippen LogP contribution in [-0.2, 0) is 9.47 Å². The summed E-state index contributed by atoms with van der Waals surface area (Å²) >= 11 is 0. The molecule has 1 rings (SSSR count). The molecule has 0 saturated carbocycles. The Morgan fingerprint density at radius 2 is 2.08 bits per heavy atom. The Hall–Kier alpha value is -0.120. The molecule has 3 heteroatoms. The monoisotopic (exact) mass is 174 g/mol. The van der Waals surface area contributed by atoms with Crippen molar-refractivity contribution < 1.29 is 14.6 Å². The van der Waals surface area contributed by atoms with Crippen molar-refractivity contribution in [2.75, 3.05) is 13.2 Å². The molecule has 2 atom stereocenters. The average Bonchev–Trinajstić information content (AvgIpc) is 2.35. The van der Waals surface area contributed by atoms with Gasteiger partial charge >= 0.3 is 0 Å². The van der Waals surface area contributed by atoms with Crippen molar-refractivity contribution in [3.05, 3.63) is 0 Å². The molecule has 0 aromatic heterocycles. The molecule has 0 spiro atoms. The van der Waals surface area contributed by atoms with E-state index in [1.165, 1.54) is 0 Å². The molecule has 0 amide bonds. The number of hydrogen-bond acceptors (Lipinski definition) is 3. The molecule has 0 bridgehead atoms. The van der Waals surface area contributed by atoms with E-state index in [1.54, 1.807) is 0 Å². The van der Waals surface area contributed by atoms with Crippen molar-refractivity contribution in [1.82, 2.24) is 0 Å². The predicted octanol–water partition coefficient (Wildman–Crippen LogP) is 1.16. The van der Waals surface area contributed by atoms with Crippen LogP contribution in [0.15, 0.2) is 0 Å². The second kappa shape index (κ2) is 3.73. The zero-order chi connectivity index (χ0) is 9.19. The first kappa shape index (κ1) is 9.96. The van der Waals surface area contributed by atoms with Gasteiger partial charge in [-0.2, -0.15) is 0 Å². The molecule has 1 N–H and O–H groups in total. The average molecular weight is 174 g/mol. The summed E-state index contributed by atoms with van der Waals surface area (Å²) in [6, 6.07) is 0. The Bertz CT molecular complexity index is 139. The smallest absolute Gasteiger partial charge is 0.162 e. The summed E-state index contributed by atoms with van der Waals surface area (Å²) in [7, 11) is 0. The maximum atomic E-state index is 8.68. The van der Waals surface area contributed by atoms with E-state index in [-0.39, 0.29) is 24.4 Å². The third-order valence-corrected chi connectivity index (χ3v) is 1.91. The minimum Gasteiger partial charge on any atom is -0.396 e. The van der Waals surface area contributed by atoms with Gasteiger partial charge in [-0.25, -0.2) is 0 Å². The summed E-state index contributed by atoms with van der Waals surface area (Å²) < 4.78 is 11.0. The van der Waals surface area contributed by atoms with Gasteiger partial charge in [-0.3, -0.25) is 0 Å². The van der Waals surface area contributed by atoms with E-state index in [9.17, 15) is 0 Å². The lowest BCUT2D eigenvalue weighted by atomic mass is 9.96. The Balaban J connectivity index is 2.35. The van der Waals surface area contributed by atoms with Gasteiger partial charge in [0, 0.05) is 12.0 Å². The lowest BCUT2D eigenvalue weighted by Gasteiger charge is -2.25. The highest BCUT2D eigenvalue weighted by molar-refractivity contribution is 4.74. The van der Waals surface area contributed by atoms with E-state index in [4.69, 9.17) is 14.6 Å². The molecule has 0 radical (unpaired) electrons. The third kappa shape index (κ3) is 2.44. The van der Waals surface area contributed by atoms with Crippen LogP contribution in [-0.4, -0.2) is 30.7 Å². The Morgan fingerprint density at radius 3 is 2.50 bits per heavy atom. The molecule has 1 unspecified atom stereocenters. The molecular formula is C9H18O3. The number of aliphatic hydroxyl groups is 1. The molecule has 1 aliphatic rings. The van der Waals surface area contributed by atoms with Crippen molar-refractivity contribution in [2.24, 2.45) is 5.41 Å². The largest absolute Gasteiger partial charge is 0.396 e. The molecule has 1 heterocycles. The molecule has 0 aliphatic carbocycles. The zero-order valence-electron chi connectivity index (χ0n) is 8.04. The highest BCUT2D eigenvalue weighted by atomic mass is 16.7. The Labute approximate surface area is 73.7 Å². The highest BCUT2D eigenvalue weighted by Crippen LogP contribution is 2.29. The lowest BCUT2D eigenvalue weighted by Crippen LogP contribution is -2.27. The fourth-order valence-corrected chi connectivity index (χ4v) is 1.20. The minimum absolute atomic E-state index is 0.0320. The number of ether oxygens (including phenoxy) is 2. The summed E-state index contributed by atoms with van der Waals surface area (Å²) in [5.74, 6) is 0. The topological polar surface area (TPSA) is 38.7 Å². The maximum Gasteiger partial charge on any atom is 0.162 e. The lowest BCUT2D eigenvalue weighted by molar-refractivity contribution is -0.125. The van der Waals surface area contributed by atoms with Crippen molar-refractivity contribution in [3.8, 4) is 0 Å². The predicted molar refractivity (Wildman–Crippen MR) is 45.8 cm³/mol. The Kier molecular flexibility index (Phi) is 3.09. The van der Waals surface area contributed by atoms with Crippen LogP contribution >= 0.6 is 0 Å². The molecule has 1 saturated heterocycles. The summed E-state index contributed by atoms with van der Waals surface area (Å²) in [6.45, 7) is 7.03. The van der Waals surface area contributed by atoms with E-state index in [2.05, 4.69) is 20.8 Å². The van der Waals surface area contributed by atoms with Crippen LogP contribution in [0.4, 0.5) is 0 Å². The quantitative estimate of drug-likeness (QED) is 0.682. The number of rotatable bonds is 2. The van der Waals surface area contributed by atoms with E-state index in [1.807, 2.05) is 0 Å². The number of hydrogen-bond donors (Lipinski definition) is 1. The molecular weight excluding hydrogens is 156 g/mol. The van der Waals surface area contributed by atoms with Gasteiger partial charge in [0.15, 0.2) is 6.29 Å².